The van der Waals surface area contributed by atoms with Gasteiger partial charge in [-0.05, 0) is 36.2 Å². The first kappa shape index (κ1) is 16.5. The summed E-state index contributed by atoms with van der Waals surface area (Å²) in [5.41, 5.74) is 1.05. The van der Waals surface area contributed by atoms with Crippen molar-refractivity contribution in [3.8, 4) is 0 Å². The third-order valence-corrected chi connectivity index (χ3v) is 4.32. The number of halogens is 1. The van der Waals surface area contributed by atoms with Gasteiger partial charge in [0.25, 0.3) is 5.69 Å². The second kappa shape index (κ2) is 7.02. The largest absolute Gasteiger partial charge is 0.392 e. The van der Waals surface area contributed by atoms with E-state index in [2.05, 4.69) is 15.2 Å². The molecule has 2 aromatic rings. The summed E-state index contributed by atoms with van der Waals surface area (Å²) in [6, 6.07) is 8.19. The first-order chi connectivity index (χ1) is 11.6. The van der Waals surface area contributed by atoms with Gasteiger partial charge in [0, 0.05) is 31.4 Å². The van der Waals surface area contributed by atoms with Crippen LogP contribution in [-0.4, -0.2) is 34.1 Å². The number of rotatable bonds is 5. The maximum absolute atomic E-state index is 11.2. The van der Waals surface area contributed by atoms with E-state index in [1.807, 2.05) is 0 Å². The first-order valence-electron chi connectivity index (χ1n) is 7.58. The molecular weight excluding hydrogens is 332 g/mol. The molecule has 1 aliphatic heterocycles. The van der Waals surface area contributed by atoms with Crippen LogP contribution in [0.1, 0.15) is 12.0 Å². The van der Waals surface area contributed by atoms with Gasteiger partial charge in [-0.2, -0.15) is 0 Å². The van der Waals surface area contributed by atoms with Crippen LogP contribution in [0.2, 0.25) is 5.02 Å². The number of nitro benzene ring substituents is 1. The van der Waals surface area contributed by atoms with Crippen molar-refractivity contribution >= 4 is 28.8 Å². The first-order valence-corrected chi connectivity index (χ1v) is 7.96. The second-order valence-electron chi connectivity index (χ2n) is 5.65. The van der Waals surface area contributed by atoms with Crippen LogP contribution in [0, 0.1) is 10.1 Å². The van der Waals surface area contributed by atoms with Gasteiger partial charge in [-0.3, -0.25) is 10.1 Å². The van der Waals surface area contributed by atoms with Crippen molar-refractivity contribution in [3.05, 3.63) is 57.2 Å². The summed E-state index contributed by atoms with van der Waals surface area (Å²) in [6.45, 7) is 1.26. The average Bonchev–Trinajstić information content (AvgIpc) is 3.03. The van der Waals surface area contributed by atoms with Crippen LogP contribution >= 0.6 is 11.6 Å². The summed E-state index contributed by atoms with van der Waals surface area (Å²) in [4.78, 5) is 17.1. The molecule has 1 saturated heterocycles. The Hall–Kier alpha value is -2.38. The van der Waals surface area contributed by atoms with Gasteiger partial charge in [-0.25, -0.2) is 4.98 Å². The van der Waals surface area contributed by atoms with Crippen molar-refractivity contribution < 1.29 is 10.0 Å². The molecule has 0 saturated carbocycles. The second-order valence-corrected chi connectivity index (χ2v) is 6.06. The van der Waals surface area contributed by atoms with Crippen LogP contribution in [0.25, 0.3) is 0 Å². The lowest BCUT2D eigenvalue weighted by Crippen LogP contribution is -2.27. The third kappa shape index (κ3) is 3.42. The van der Waals surface area contributed by atoms with Crippen LogP contribution in [0.15, 0.2) is 36.5 Å². The predicted octanol–water partition coefficient (Wildman–Crippen LogP) is 2.83. The molecular formula is C16H17ClN4O3. The molecule has 3 rings (SSSR count). The van der Waals surface area contributed by atoms with Crippen molar-refractivity contribution in [3.63, 3.8) is 0 Å². The highest BCUT2D eigenvalue weighted by Gasteiger charge is 2.26. The summed E-state index contributed by atoms with van der Waals surface area (Å²) < 4.78 is 0. The number of nitro groups is 1. The Morgan fingerprint density at radius 3 is 3.00 bits per heavy atom. The Kier molecular flexibility index (Phi) is 4.82. The highest BCUT2D eigenvalue weighted by atomic mass is 35.5. The highest BCUT2D eigenvalue weighted by molar-refractivity contribution is 6.32. The zero-order valence-corrected chi connectivity index (χ0v) is 13.6. The summed E-state index contributed by atoms with van der Waals surface area (Å²) in [7, 11) is 0. The Morgan fingerprint density at radius 2 is 2.29 bits per heavy atom. The lowest BCUT2D eigenvalue weighted by atomic mass is 10.1. The van der Waals surface area contributed by atoms with Crippen molar-refractivity contribution in [1.82, 2.24) is 4.98 Å². The molecule has 1 aromatic carbocycles. The minimum atomic E-state index is -0.425. The number of nitrogens with one attached hydrogen (secondary N) is 1. The van der Waals surface area contributed by atoms with Crippen molar-refractivity contribution in [2.75, 3.05) is 23.3 Å². The number of aromatic nitrogens is 1. The molecule has 1 aliphatic rings. The maximum Gasteiger partial charge on any atom is 0.292 e. The summed E-state index contributed by atoms with van der Waals surface area (Å²) in [5.74, 6) is 0.724. The van der Waals surface area contributed by atoms with Gasteiger partial charge in [0.15, 0.2) is 0 Å². The number of aliphatic hydroxyl groups excluding tert-OH is 1. The lowest BCUT2D eigenvalue weighted by molar-refractivity contribution is -0.384. The van der Waals surface area contributed by atoms with Gasteiger partial charge in [0.2, 0.25) is 0 Å². The minimum absolute atomic E-state index is 0.00141. The summed E-state index contributed by atoms with van der Waals surface area (Å²) in [6.07, 6.45) is 2.50. The maximum atomic E-state index is 11.2. The number of aliphatic hydroxyl groups is 1. The Labute approximate surface area is 144 Å². The van der Waals surface area contributed by atoms with Gasteiger partial charge in [-0.1, -0.05) is 11.6 Å². The molecule has 1 atom stereocenters. The molecule has 126 valence electrons. The van der Waals surface area contributed by atoms with Crippen LogP contribution in [-0.2, 0) is 6.61 Å². The van der Waals surface area contributed by atoms with Crippen molar-refractivity contribution in [2.45, 2.75) is 19.1 Å². The number of nitrogens with zero attached hydrogens (tertiary/aromatic N) is 3. The van der Waals surface area contributed by atoms with Crippen LogP contribution < -0.4 is 10.2 Å². The molecule has 1 aromatic heterocycles. The van der Waals surface area contributed by atoms with Gasteiger partial charge in [0.05, 0.1) is 16.6 Å². The predicted molar refractivity (Wildman–Crippen MR) is 92.5 cm³/mol. The number of hydrogen-bond donors (Lipinski definition) is 2. The van der Waals surface area contributed by atoms with Crippen molar-refractivity contribution in [2.24, 2.45) is 0 Å². The minimum Gasteiger partial charge on any atom is -0.392 e. The van der Waals surface area contributed by atoms with Gasteiger partial charge >= 0.3 is 0 Å². The Morgan fingerprint density at radius 1 is 1.46 bits per heavy atom. The van der Waals surface area contributed by atoms with Crippen LogP contribution in [0.3, 0.4) is 0 Å². The molecule has 0 spiro atoms. The molecule has 7 nitrogen and oxygen atoms in total. The van der Waals surface area contributed by atoms with E-state index in [9.17, 15) is 15.2 Å². The van der Waals surface area contributed by atoms with Crippen LogP contribution in [0.4, 0.5) is 17.2 Å². The standard InChI is InChI=1S/C16H17ClN4O3/c17-13-2-1-6-18-16(13)20-7-5-12(9-20)19-14-8-11(10-22)3-4-15(14)21(23)24/h1-4,6,8,12,19,22H,5,7,9-10H2. The normalized spacial score (nSPS) is 17.1. The van der Waals surface area contributed by atoms with E-state index in [0.717, 1.165) is 18.8 Å². The van der Waals surface area contributed by atoms with E-state index >= 15 is 0 Å². The van der Waals surface area contributed by atoms with Crippen LogP contribution in [0.5, 0.6) is 0 Å². The Bertz CT molecular complexity index is 756. The van der Waals surface area contributed by atoms with E-state index < -0.39 is 4.92 Å². The van der Waals surface area contributed by atoms with E-state index in [1.54, 1.807) is 30.5 Å². The fraction of sp³-hybridized carbons (Fsp3) is 0.312. The molecule has 2 heterocycles. The molecule has 0 bridgehead atoms. The molecule has 0 amide bonds. The molecule has 24 heavy (non-hydrogen) atoms. The topological polar surface area (TPSA) is 91.5 Å². The summed E-state index contributed by atoms with van der Waals surface area (Å²) in [5, 5.41) is 24.2. The van der Waals surface area contributed by atoms with E-state index in [4.69, 9.17) is 11.6 Å². The number of pyridine rings is 1. The molecule has 2 N–H and O–H groups in total. The van der Waals surface area contributed by atoms with E-state index in [1.165, 1.54) is 6.07 Å². The third-order valence-electron chi connectivity index (χ3n) is 4.03. The fourth-order valence-corrected chi connectivity index (χ4v) is 3.10. The number of hydrogen-bond acceptors (Lipinski definition) is 6. The van der Waals surface area contributed by atoms with E-state index in [0.29, 0.717) is 22.8 Å². The number of anilines is 2. The zero-order valence-electron chi connectivity index (χ0n) is 12.9. The number of benzene rings is 1. The smallest absolute Gasteiger partial charge is 0.292 e. The van der Waals surface area contributed by atoms with E-state index in [-0.39, 0.29) is 18.3 Å². The molecule has 8 heteroatoms. The molecule has 0 aliphatic carbocycles. The fourth-order valence-electron chi connectivity index (χ4n) is 2.86. The molecule has 1 fully saturated rings. The SMILES string of the molecule is O=[N+]([O-])c1ccc(CO)cc1NC1CCN(c2ncccc2Cl)C1. The molecule has 1 unspecified atom stereocenters. The average molecular weight is 349 g/mol. The lowest BCUT2D eigenvalue weighted by Gasteiger charge is -2.19. The zero-order chi connectivity index (χ0) is 17.1. The van der Waals surface area contributed by atoms with Crippen molar-refractivity contribution in [1.29, 1.82) is 0 Å². The van der Waals surface area contributed by atoms with Gasteiger partial charge in [-0.15, -0.1) is 0 Å². The molecule has 0 radical (unpaired) electrons. The highest BCUT2D eigenvalue weighted by Crippen LogP contribution is 2.30. The van der Waals surface area contributed by atoms with Gasteiger partial charge < -0.3 is 15.3 Å². The van der Waals surface area contributed by atoms with Gasteiger partial charge in [0.1, 0.15) is 11.5 Å². The monoisotopic (exact) mass is 348 g/mol. The Balaban J connectivity index is 1.76. The quantitative estimate of drug-likeness (QED) is 0.637. The summed E-state index contributed by atoms with van der Waals surface area (Å²) >= 11 is 6.18.